The summed E-state index contributed by atoms with van der Waals surface area (Å²) in [6.07, 6.45) is 3.20. The van der Waals surface area contributed by atoms with E-state index in [9.17, 15) is 18.0 Å². The third kappa shape index (κ3) is 4.91. The minimum atomic E-state index is -3.12. The molecule has 2 rings (SSSR count). The highest BCUT2D eigenvalue weighted by Gasteiger charge is 2.39. The van der Waals surface area contributed by atoms with E-state index < -0.39 is 33.9 Å². The van der Waals surface area contributed by atoms with E-state index in [1.165, 1.54) is 6.08 Å². The van der Waals surface area contributed by atoms with Crippen LogP contribution in [0, 0.1) is 13.8 Å². The molecule has 138 valence electrons. The van der Waals surface area contributed by atoms with Gasteiger partial charge in [0, 0.05) is 24.4 Å². The van der Waals surface area contributed by atoms with Gasteiger partial charge in [0.1, 0.15) is 0 Å². The van der Waals surface area contributed by atoms with Crippen molar-refractivity contribution in [3.63, 3.8) is 0 Å². The van der Waals surface area contributed by atoms with E-state index in [2.05, 4.69) is 10.4 Å². The van der Waals surface area contributed by atoms with Gasteiger partial charge in [0.25, 0.3) is 5.91 Å². The zero-order valence-corrected chi connectivity index (χ0v) is 15.6. The molecule has 1 aromatic heterocycles. The van der Waals surface area contributed by atoms with Crippen molar-refractivity contribution in [3.8, 4) is 0 Å². The molecule has 0 bridgehead atoms. The number of hydrogen-bond donors (Lipinski definition) is 1. The number of nitrogens with one attached hydrogen (secondary N) is 1. The lowest BCUT2D eigenvalue weighted by Gasteiger charge is -2.23. The molecule has 1 atom stereocenters. The normalized spacial score (nSPS) is 22.2. The van der Waals surface area contributed by atoms with Crippen molar-refractivity contribution in [2.75, 3.05) is 18.1 Å². The molecule has 1 amide bonds. The van der Waals surface area contributed by atoms with E-state index in [-0.39, 0.29) is 11.5 Å². The highest BCUT2D eigenvalue weighted by atomic mass is 32.2. The van der Waals surface area contributed by atoms with E-state index in [1.807, 2.05) is 20.9 Å². The molecule has 25 heavy (non-hydrogen) atoms. The summed E-state index contributed by atoms with van der Waals surface area (Å²) in [5.41, 5.74) is 1.72. The second-order valence-corrected chi connectivity index (χ2v) is 8.78. The Morgan fingerprint density at radius 1 is 1.40 bits per heavy atom. The topological polar surface area (TPSA) is 107 Å². The van der Waals surface area contributed by atoms with Crippen molar-refractivity contribution in [1.82, 2.24) is 15.1 Å². The van der Waals surface area contributed by atoms with Crippen molar-refractivity contribution < 1.29 is 22.7 Å². The number of aryl methyl sites for hydroxylation is 2. The first-order valence-corrected chi connectivity index (χ1v) is 9.70. The van der Waals surface area contributed by atoms with Crippen LogP contribution in [0.1, 0.15) is 30.3 Å². The third-order valence-corrected chi connectivity index (χ3v) is 6.14. The van der Waals surface area contributed by atoms with Crippen molar-refractivity contribution in [3.05, 3.63) is 23.0 Å². The van der Waals surface area contributed by atoms with Crippen LogP contribution >= 0.6 is 0 Å². The monoisotopic (exact) mass is 369 g/mol. The molecule has 0 saturated carbocycles. The number of aromatic nitrogens is 2. The summed E-state index contributed by atoms with van der Waals surface area (Å²) >= 11 is 0. The standard InChI is InChI=1S/C16H23N3O5S/c1-11-13(12(2)19(4)18-11)5-6-15(21)24-9-14(20)17-16(3)7-8-25(22,23)10-16/h5-6H,7-10H2,1-4H3,(H,17,20)/b6-5+/t16-/m1/s1. The van der Waals surface area contributed by atoms with Gasteiger partial charge in [0.15, 0.2) is 16.4 Å². The van der Waals surface area contributed by atoms with Crippen LogP contribution < -0.4 is 5.32 Å². The Balaban J connectivity index is 1.85. The lowest BCUT2D eigenvalue weighted by molar-refractivity contribution is -0.144. The van der Waals surface area contributed by atoms with Crippen LogP contribution in [-0.4, -0.2) is 53.7 Å². The predicted octanol–water partition coefficient (Wildman–Crippen LogP) is 0.287. The van der Waals surface area contributed by atoms with Crippen LogP contribution in [0.5, 0.6) is 0 Å². The number of rotatable bonds is 5. The Hall–Kier alpha value is -2.16. The van der Waals surface area contributed by atoms with Gasteiger partial charge in [-0.15, -0.1) is 0 Å². The fourth-order valence-electron chi connectivity index (χ4n) is 2.85. The number of nitrogens with zero attached hydrogens (tertiary/aromatic N) is 2. The van der Waals surface area contributed by atoms with Gasteiger partial charge >= 0.3 is 5.97 Å². The quantitative estimate of drug-likeness (QED) is 0.590. The number of esters is 1. The summed E-state index contributed by atoms with van der Waals surface area (Å²) in [5.74, 6) is -1.22. The molecule has 1 aliphatic heterocycles. The molecule has 1 N–H and O–H groups in total. The van der Waals surface area contributed by atoms with Crippen LogP contribution in [0.25, 0.3) is 6.08 Å². The maximum Gasteiger partial charge on any atom is 0.331 e. The minimum Gasteiger partial charge on any atom is -0.452 e. The molecule has 1 fully saturated rings. The Kier molecular flexibility index (Phi) is 5.36. The Morgan fingerprint density at radius 2 is 2.08 bits per heavy atom. The Bertz CT molecular complexity index is 825. The predicted molar refractivity (Wildman–Crippen MR) is 92.5 cm³/mol. The van der Waals surface area contributed by atoms with Crippen molar-refractivity contribution in [2.24, 2.45) is 7.05 Å². The van der Waals surface area contributed by atoms with Gasteiger partial charge in [-0.05, 0) is 33.3 Å². The number of sulfone groups is 1. The molecule has 2 heterocycles. The van der Waals surface area contributed by atoms with Crippen LogP contribution in [0.4, 0.5) is 0 Å². The van der Waals surface area contributed by atoms with Crippen LogP contribution in [0.15, 0.2) is 6.08 Å². The SMILES string of the molecule is Cc1nn(C)c(C)c1/C=C/C(=O)OCC(=O)N[C@]1(C)CCS(=O)(=O)C1. The molecule has 8 nitrogen and oxygen atoms in total. The van der Waals surface area contributed by atoms with Crippen molar-refractivity contribution in [1.29, 1.82) is 0 Å². The third-order valence-electron chi connectivity index (χ3n) is 4.24. The number of amides is 1. The molecular formula is C16H23N3O5S. The maximum atomic E-state index is 11.9. The smallest absolute Gasteiger partial charge is 0.331 e. The van der Waals surface area contributed by atoms with Gasteiger partial charge in [-0.1, -0.05) is 0 Å². The molecular weight excluding hydrogens is 346 g/mol. The molecule has 0 aliphatic carbocycles. The Labute approximate surface area is 147 Å². The van der Waals surface area contributed by atoms with Gasteiger partial charge in [-0.2, -0.15) is 5.10 Å². The summed E-state index contributed by atoms with van der Waals surface area (Å²) < 4.78 is 29.7. The van der Waals surface area contributed by atoms with Gasteiger partial charge in [-0.25, -0.2) is 13.2 Å². The lowest BCUT2D eigenvalue weighted by Crippen LogP contribution is -2.48. The van der Waals surface area contributed by atoms with Crippen molar-refractivity contribution >= 4 is 27.8 Å². The summed E-state index contributed by atoms with van der Waals surface area (Å²) in [4.78, 5) is 23.6. The summed E-state index contributed by atoms with van der Waals surface area (Å²) in [6.45, 7) is 4.94. The lowest BCUT2D eigenvalue weighted by atomic mass is 10.0. The number of carbonyl (C=O) groups excluding carboxylic acids is 2. The minimum absolute atomic E-state index is 0.0517. The van der Waals surface area contributed by atoms with E-state index >= 15 is 0 Å². The van der Waals surface area contributed by atoms with Crippen LogP contribution in [0.2, 0.25) is 0 Å². The summed E-state index contributed by atoms with van der Waals surface area (Å²) in [5, 5.41) is 6.87. The van der Waals surface area contributed by atoms with Crippen LogP contribution in [0.3, 0.4) is 0 Å². The van der Waals surface area contributed by atoms with E-state index in [4.69, 9.17) is 4.74 Å². The molecule has 0 spiro atoms. The zero-order valence-electron chi connectivity index (χ0n) is 14.8. The number of hydrogen-bond acceptors (Lipinski definition) is 6. The van der Waals surface area contributed by atoms with E-state index in [0.717, 1.165) is 17.0 Å². The molecule has 1 saturated heterocycles. The van der Waals surface area contributed by atoms with E-state index in [0.29, 0.717) is 6.42 Å². The van der Waals surface area contributed by atoms with Gasteiger partial charge in [0.2, 0.25) is 0 Å². The average Bonchev–Trinajstić information content (AvgIpc) is 2.90. The Morgan fingerprint density at radius 3 is 2.60 bits per heavy atom. The molecule has 9 heteroatoms. The fraction of sp³-hybridized carbons (Fsp3) is 0.562. The van der Waals surface area contributed by atoms with Gasteiger partial charge < -0.3 is 10.1 Å². The van der Waals surface area contributed by atoms with Crippen LogP contribution in [-0.2, 0) is 31.2 Å². The summed E-state index contributed by atoms with van der Waals surface area (Å²) in [7, 11) is -1.31. The first-order valence-electron chi connectivity index (χ1n) is 7.88. The molecule has 1 aliphatic rings. The average molecular weight is 369 g/mol. The number of carbonyl (C=O) groups is 2. The highest BCUT2D eigenvalue weighted by molar-refractivity contribution is 7.91. The highest BCUT2D eigenvalue weighted by Crippen LogP contribution is 2.22. The molecule has 1 aromatic rings. The first-order chi connectivity index (χ1) is 11.5. The first kappa shape index (κ1) is 19.2. The largest absolute Gasteiger partial charge is 0.452 e. The van der Waals surface area contributed by atoms with Crippen molar-refractivity contribution in [2.45, 2.75) is 32.7 Å². The van der Waals surface area contributed by atoms with Gasteiger partial charge in [-0.3, -0.25) is 9.48 Å². The van der Waals surface area contributed by atoms with E-state index in [1.54, 1.807) is 17.7 Å². The second-order valence-electron chi connectivity index (χ2n) is 6.60. The maximum absolute atomic E-state index is 11.9. The molecule has 0 radical (unpaired) electrons. The summed E-state index contributed by atoms with van der Waals surface area (Å²) in [6, 6.07) is 0. The second kappa shape index (κ2) is 6.99. The number of ether oxygens (including phenoxy) is 1. The molecule has 0 unspecified atom stereocenters. The fourth-order valence-corrected chi connectivity index (χ4v) is 4.94. The van der Waals surface area contributed by atoms with Gasteiger partial charge in [0.05, 0.1) is 22.7 Å². The molecule has 0 aromatic carbocycles. The zero-order chi connectivity index (χ0) is 18.8.